The van der Waals surface area contributed by atoms with Gasteiger partial charge in [-0.05, 0) is 36.3 Å². The zero-order valence-corrected chi connectivity index (χ0v) is 10.4. The molecule has 2 nitrogen and oxygen atoms in total. The van der Waals surface area contributed by atoms with Crippen molar-refractivity contribution in [3.05, 3.63) is 48.0 Å². The number of benzene rings is 2. The quantitative estimate of drug-likeness (QED) is 0.741. The number of rotatable bonds is 6. The molecule has 0 aliphatic carbocycles. The zero-order chi connectivity index (χ0) is 11.9. The summed E-state index contributed by atoms with van der Waals surface area (Å²) in [7, 11) is 1.98. The lowest BCUT2D eigenvalue weighted by atomic mass is 10.0. The molecule has 0 heterocycles. The molecule has 0 bridgehead atoms. The van der Waals surface area contributed by atoms with Gasteiger partial charge in [0.05, 0.1) is 0 Å². The molecule has 2 rings (SSSR count). The normalized spacial score (nSPS) is 10.9. The summed E-state index contributed by atoms with van der Waals surface area (Å²) in [5, 5.41) is 9.28. The van der Waals surface area contributed by atoms with E-state index in [0.717, 1.165) is 26.1 Å². The molecular weight excluding hydrogens is 208 g/mol. The first kappa shape index (κ1) is 12.1. The second-order valence-corrected chi connectivity index (χ2v) is 4.24. The van der Waals surface area contributed by atoms with E-state index in [1.165, 1.54) is 16.3 Å². The summed E-state index contributed by atoms with van der Waals surface area (Å²) in [6.07, 6.45) is 1.09. The third-order valence-electron chi connectivity index (χ3n) is 3.00. The predicted molar refractivity (Wildman–Crippen MR) is 74.4 cm³/mol. The summed E-state index contributed by atoms with van der Waals surface area (Å²) >= 11 is 0. The molecule has 0 aliphatic heterocycles. The third kappa shape index (κ3) is 3.29. The van der Waals surface area contributed by atoms with Crippen molar-refractivity contribution in [3.63, 3.8) is 0 Å². The smallest absolute Gasteiger partial charge is 0.00767 e. The van der Waals surface area contributed by atoms with Gasteiger partial charge in [-0.2, -0.15) is 0 Å². The van der Waals surface area contributed by atoms with E-state index in [4.69, 9.17) is 0 Å². The van der Waals surface area contributed by atoms with Gasteiger partial charge in [0, 0.05) is 13.1 Å². The first-order valence-corrected chi connectivity index (χ1v) is 6.24. The lowest BCUT2D eigenvalue weighted by Crippen LogP contribution is -2.26. The maximum Gasteiger partial charge on any atom is 0.00767 e. The highest BCUT2D eigenvalue weighted by molar-refractivity contribution is 5.85. The number of likely N-dealkylation sites (N-methyl/N-ethyl adjacent to an activating group) is 1. The number of fused-ring (bicyclic) bond motifs is 1. The SMILES string of the molecule is CNCCNCCc1cccc2ccccc12. The van der Waals surface area contributed by atoms with Crippen molar-refractivity contribution in [1.29, 1.82) is 0 Å². The first-order chi connectivity index (χ1) is 8.42. The van der Waals surface area contributed by atoms with Crippen molar-refractivity contribution in [1.82, 2.24) is 10.6 Å². The van der Waals surface area contributed by atoms with Crippen LogP contribution >= 0.6 is 0 Å². The number of hydrogen-bond acceptors (Lipinski definition) is 2. The summed E-state index contributed by atoms with van der Waals surface area (Å²) in [4.78, 5) is 0. The minimum absolute atomic E-state index is 1.02. The molecule has 0 fully saturated rings. The lowest BCUT2D eigenvalue weighted by molar-refractivity contribution is 0.650. The molecule has 0 amide bonds. The Kier molecular flexibility index (Phi) is 4.54. The minimum Gasteiger partial charge on any atom is -0.318 e. The van der Waals surface area contributed by atoms with Crippen LogP contribution in [0.1, 0.15) is 5.56 Å². The summed E-state index contributed by atoms with van der Waals surface area (Å²) < 4.78 is 0. The predicted octanol–water partition coefficient (Wildman–Crippen LogP) is 2.19. The van der Waals surface area contributed by atoms with E-state index in [9.17, 15) is 0 Å². The van der Waals surface area contributed by atoms with Crippen LogP contribution in [0.5, 0.6) is 0 Å². The topological polar surface area (TPSA) is 24.1 Å². The van der Waals surface area contributed by atoms with Gasteiger partial charge in [-0.25, -0.2) is 0 Å². The van der Waals surface area contributed by atoms with Crippen LogP contribution < -0.4 is 10.6 Å². The standard InChI is InChI=1S/C15H20N2/c1-16-11-12-17-10-9-14-7-4-6-13-5-2-3-8-15(13)14/h2-8,16-17H,9-12H2,1H3. The molecule has 0 unspecified atom stereocenters. The average Bonchev–Trinajstić information content (AvgIpc) is 2.39. The Balaban J connectivity index is 1.98. The van der Waals surface area contributed by atoms with Crippen molar-refractivity contribution in [2.24, 2.45) is 0 Å². The third-order valence-corrected chi connectivity index (χ3v) is 3.00. The summed E-state index contributed by atoms with van der Waals surface area (Å²) in [6.45, 7) is 3.09. The molecule has 0 atom stereocenters. The van der Waals surface area contributed by atoms with E-state index < -0.39 is 0 Å². The van der Waals surface area contributed by atoms with Crippen molar-refractivity contribution in [3.8, 4) is 0 Å². The lowest BCUT2D eigenvalue weighted by Gasteiger charge is -2.07. The van der Waals surface area contributed by atoms with E-state index in [0.29, 0.717) is 0 Å². The van der Waals surface area contributed by atoms with Crippen LogP contribution in [0.4, 0.5) is 0 Å². The number of nitrogens with one attached hydrogen (secondary N) is 2. The van der Waals surface area contributed by atoms with Gasteiger partial charge < -0.3 is 10.6 Å². The van der Waals surface area contributed by atoms with Crippen molar-refractivity contribution in [2.75, 3.05) is 26.7 Å². The highest BCUT2D eigenvalue weighted by Crippen LogP contribution is 2.18. The minimum atomic E-state index is 1.02. The molecule has 0 radical (unpaired) electrons. The molecule has 0 saturated heterocycles. The number of hydrogen-bond donors (Lipinski definition) is 2. The molecule has 0 aromatic heterocycles. The van der Waals surface area contributed by atoms with E-state index >= 15 is 0 Å². The summed E-state index contributed by atoms with van der Waals surface area (Å²) in [5.74, 6) is 0. The van der Waals surface area contributed by atoms with E-state index in [1.807, 2.05) is 7.05 Å². The first-order valence-electron chi connectivity index (χ1n) is 6.24. The molecule has 0 aliphatic rings. The zero-order valence-electron chi connectivity index (χ0n) is 10.4. The van der Waals surface area contributed by atoms with Crippen LogP contribution in [0, 0.1) is 0 Å². The Labute approximate surface area is 103 Å². The van der Waals surface area contributed by atoms with Crippen LogP contribution in [0.3, 0.4) is 0 Å². The van der Waals surface area contributed by atoms with Crippen LogP contribution in [0.15, 0.2) is 42.5 Å². The summed E-state index contributed by atoms with van der Waals surface area (Å²) in [5.41, 5.74) is 1.43. The second-order valence-electron chi connectivity index (χ2n) is 4.24. The van der Waals surface area contributed by atoms with Gasteiger partial charge in [-0.15, -0.1) is 0 Å². The molecule has 0 spiro atoms. The molecule has 17 heavy (non-hydrogen) atoms. The molecular formula is C15H20N2. The molecule has 2 aromatic rings. The van der Waals surface area contributed by atoms with Gasteiger partial charge in [-0.1, -0.05) is 42.5 Å². The summed E-state index contributed by atoms with van der Waals surface area (Å²) in [6, 6.07) is 15.1. The van der Waals surface area contributed by atoms with Crippen LogP contribution in [0.25, 0.3) is 10.8 Å². The fourth-order valence-corrected chi connectivity index (χ4v) is 2.07. The molecule has 2 heteroatoms. The van der Waals surface area contributed by atoms with Crippen LogP contribution in [-0.2, 0) is 6.42 Å². The van der Waals surface area contributed by atoms with Gasteiger partial charge in [0.2, 0.25) is 0 Å². The van der Waals surface area contributed by atoms with Gasteiger partial charge >= 0.3 is 0 Å². The van der Waals surface area contributed by atoms with Crippen LogP contribution in [-0.4, -0.2) is 26.7 Å². The Morgan fingerprint density at radius 3 is 2.59 bits per heavy atom. The van der Waals surface area contributed by atoms with E-state index in [-0.39, 0.29) is 0 Å². The molecule has 2 aromatic carbocycles. The van der Waals surface area contributed by atoms with Crippen molar-refractivity contribution in [2.45, 2.75) is 6.42 Å². The largest absolute Gasteiger partial charge is 0.318 e. The van der Waals surface area contributed by atoms with Gasteiger partial charge in [0.15, 0.2) is 0 Å². The Bertz CT molecular complexity index is 460. The van der Waals surface area contributed by atoms with Gasteiger partial charge in [0.25, 0.3) is 0 Å². The molecule has 0 saturated carbocycles. The highest BCUT2D eigenvalue weighted by atomic mass is 14.9. The Morgan fingerprint density at radius 1 is 0.882 bits per heavy atom. The van der Waals surface area contributed by atoms with Crippen molar-refractivity contribution < 1.29 is 0 Å². The van der Waals surface area contributed by atoms with Crippen LogP contribution in [0.2, 0.25) is 0 Å². The fourth-order valence-electron chi connectivity index (χ4n) is 2.07. The second kappa shape index (κ2) is 6.38. The maximum absolute atomic E-state index is 3.44. The Morgan fingerprint density at radius 2 is 1.71 bits per heavy atom. The van der Waals surface area contributed by atoms with E-state index in [1.54, 1.807) is 0 Å². The van der Waals surface area contributed by atoms with Gasteiger partial charge in [-0.3, -0.25) is 0 Å². The average molecular weight is 228 g/mol. The van der Waals surface area contributed by atoms with E-state index in [2.05, 4.69) is 53.1 Å². The fraction of sp³-hybridized carbons (Fsp3) is 0.333. The van der Waals surface area contributed by atoms with Crippen molar-refractivity contribution >= 4 is 10.8 Å². The molecule has 90 valence electrons. The monoisotopic (exact) mass is 228 g/mol. The van der Waals surface area contributed by atoms with Gasteiger partial charge in [0.1, 0.15) is 0 Å². The Hall–Kier alpha value is -1.38. The maximum atomic E-state index is 3.44. The highest BCUT2D eigenvalue weighted by Gasteiger charge is 1.99. The molecule has 2 N–H and O–H groups in total.